The minimum absolute atomic E-state index is 0.575. The van der Waals surface area contributed by atoms with Gasteiger partial charge in [-0.2, -0.15) is 4.98 Å². The van der Waals surface area contributed by atoms with Crippen molar-refractivity contribution in [2.45, 2.75) is 13.1 Å². The maximum atomic E-state index is 4.37. The van der Waals surface area contributed by atoms with E-state index in [1.54, 1.807) is 0 Å². The average Bonchev–Trinajstić information content (AvgIpc) is 3.02. The Hall–Kier alpha value is -1.86. The van der Waals surface area contributed by atoms with Crippen LogP contribution in [0.25, 0.3) is 0 Å². The normalized spacial score (nSPS) is 10.5. The summed E-state index contributed by atoms with van der Waals surface area (Å²) < 4.78 is 2.14. The molecule has 1 aromatic heterocycles. The van der Waals surface area contributed by atoms with Crippen LogP contribution in [0, 0.1) is 0 Å². The molecule has 0 saturated carbocycles. The summed E-state index contributed by atoms with van der Waals surface area (Å²) in [6, 6.07) is 16.3. The number of rotatable bonds is 6. The largest absolute Gasteiger partial charge is 0.350 e. The Labute approximate surface area is 151 Å². The highest BCUT2D eigenvalue weighted by molar-refractivity contribution is 9.10. The van der Waals surface area contributed by atoms with Crippen LogP contribution in [-0.2, 0) is 13.1 Å². The highest BCUT2D eigenvalue weighted by atomic mass is 79.9. The van der Waals surface area contributed by atoms with Crippen molar-refractivity contribution in [2.24, 2.45) is 0 Å². The average molecular weight is 437 g/mol. The molecule has 0 aliphatic carbocycles. The van der Waals surface area contributed by atoms with Crippen molar-refractivity contribution in [1.82, 2.24) is 15.2 Å². The molecule has 0 atom stereocenters. The van der Waals surface area contributed by atoms with Gasteiger partial charge in [0.25, 0.3) is 0 Å². The second kappa shape index (κ2) is 7.61. The molecule has 0 aliphatic rings. The molecule has 0 bridgehead atoms. The van der Waals surface area contributed by atoms with Crippen LogP contribution in [-0.4, -0.2) is 15.2 Å². The molecule has 1 heterocycles. The molecule has 2 aromatic carbocycles. The molecule has 0 radical (unpaired) electrons. The third-order valence-electron chi connectivity index (χ3n) is 3.22. The summed E-state index contributed by atoms with van der Waals surface area (Å²) >= 11 is 6.85. The van der Waals surface area contributed by atoms with Crippen molar-refractivity contribution in [3.05, 3.63) is 68.6 Å². The van der Waals surface area contributed by atoms with E-state index in [1.807, 2.05) is 24.3 Å². The van der Waals surface area contributed by atoms with E-state index in [4.69, 9.17) is 0 Å². The summed E-state index contributed by atoms with van der Waals surface area (Å²) in [5.74, 6) is 1.22. The SMILES string of the molecule is Brc1ccc(CNc2n[nH]c(NCc3ccc(Br)cc3)n2)cc1. The number of nitrogens with one attached hydrogen (secondary N) is 3. The number of halogens is 2. The van der Waals surface area contributed by atoms with Crippen molar-refractivity contribution in [3.8, 4) is 0 Å². The zero-order valence-corrected chi connectivity index (χ0v) is 15.4. The number of nitrogens with zero attached hydrogens (tertiary/aromatic N) is 2. The van der Waals surface area contributed by atoms with Crippen LogP contribution in [0.5, 0.6) is 0 Å². The quantitative estimate of drug-likeness (QED) is 0.530. The Morgan fingerprint density at radius 3 is 1.87 bits per heavy atom. The lowest BCUT2D eigenvalue weighted by Crippen LogP contribution is -2.02. The number of aromatic nitrogens is 3. The van der Waals surface area contributed by atoms with Gasteiger partial charge in [-0.05, 0) is 35.4 Å². The van der Waals surface area contributed by atoms with E-state index in [0.717, 1.165) is 8.95 Å². The first-order valence-corrected chi connectivity index (χ1v) is 8.67. The lowest BCUT2D eigenvalue weighted by atomic mass is 10.2. The first-order chi connectivity index (χ1) is 11.2. The highest BCUT2D eigenvalue weighted by Crippen LogP contribution is 2.13. The van der Waals surface area contributed by atoms with Gasteiger partial charge in [-0.3, -0.25) is 0 Å². The van der Waals surface area contributed by atoms with Gasteiger partial charge < -0.3 is 10.6 Å². The van der Waals surface area contributed by atoms with E-state index in [9.17, 15) is 0 Å². The molecule has 5 nitrogen and oxygen atoms in total. The van der Waals surface area contributed by atoms with Gasteiger partial charge in [0.05, 0.1) is 0 Å². The Bertz CT molecular complexity index is 689. The van der Waals surface area contributed by atoms with Crippen LogP contribution in [0.15, 0.2) is 57.5 Å². The molecular formula is C16H15Br2N5. The molecule has 0 amide bonds. The number of hydrogen-bond acceptors (Lipinski definition) is 4. The topological polar surface area (TPSA) is 65.6 Å². The minimum Gasteiger partial charge on any atom is -0.350 e. The van der Waals surface area contributed by atoms with Gasteiger partial charge in [-0.25, -0.2) is 5.10 Å². The molecule has 3 N–H and O–H groups in total. The maximum Gasteiger partial charge on any atom is 0.243 e. The first kappa shape index (κ1) is 16.0. The first-order valence-electron chi connectivity index (χ1n) is 7.08. The van der Waals surface area contributed by atoms with Crippen LogP contribution < -0.4 is 10.6 Å². The van der Waals surface area contributed by atoms with Crippen LogP contribution in [0.1, 0.15) is 11.1 Å². The molecule has 23 heavy (non-hydrogen) atoms. The van der Waals surface area contributed by atoms with Gasteiger partial charge in [0.1, 0.15) is 0 Å². The van der Waals surface area contributed by atoms with Gasteiger partial charge >= 0.3 is 0 Å². The standard InChI is InChI=1S/C16H15Br2N5/c17-13-5-1-11(2-6-13)9-19-15-21-16(23-22-15)20-10-12-3-7-14(18)8-4-12/h1-8H,9-10H2,(H3,19,20,21,22,23). The zero-order chi connectivity index (χ0) is 16.1. The Morgan fingerprint density at radius 2 is 1.30 bits per heavy atom. The number of benzene rings is 2. The van der Waals surface area contributed by atoms with Crippen molar-refractivity contribution in [1.29, 1.82) is 0 Å². The van der Waals surface area contributed by atoms with Crippen molar-refractivity contribution < 1.29 is 0 Å². The second-order valence-electron chi connectivity index (χ2n) is 4.97. The van der Waals surface area contributed by atoms with E-state index in [2.05, 4.69) is 81.9 Å². The predicted molar refractivity (Wildman–Crippen MR) is 99.3 cm³/mol. The number of anilines is 2. The number of hydrogen-bond donors (Lipinski definition) is 3. The number of aromatic amines is 1. The molecule has 0 saturated heterocycles. The predicted octanol–water partition coefficient (Wildman–Crippen LogP) is 4.55. The minimum atomic E-state index is 0.575. The van der Waals surface area contributed by atoms with Crippen LogP contribution in [0.2, 0.25) is 0 Å². The molecule has 118 valence electrons. The van der Waals surface area contributed by atoms with Crippen molar-refractivity contribution >= 4 is 43.8 Å². The van der Waals surface area contributed by atoms with Crippen LogP contribution in [0.4, 0.5) is 11.9 Å². The third-order valence-corrected chi connectivity index (χ3v) is 4.28. The fourth-order valence-corrected chi connectivity index (χ4v) is 2.52. The van der Waals surface area contributed by atoms with Crippen LogP contribution in [0.3, 0.4) is 0 Å². The van der Waals surface area contributed by atoms with E-state index < -0.39 is 0 Å². The molecule has 7 heteroatoms. The van der Waals surface area contributed by atoms with E-state index >= 15 is 0 Å². The monoisotopic (exact) mass is 435 g/mol. The summed E-state index contributed by atoms with van der Waals surface area (Å²) in [5, 5.41) is 13.4. The molecule has 0 fully saturated rings. The summed E-state index contributed by atoms with van der Waals surface area (Å²) in [7, 11) is 0. The lowest BCUT2D eigenvalue weighted by molar-refractivity contribution is 1.03. The van der Waals surface area contributed by atoms with Crippen molar-refractivity contribution in [2.75, 3.05) is 10.6 Å². The van der Waals surface area contributed by atoms with E-state index in [0.29, 0.717) is 25.0 Å². The summed E-state index contributed by atoms with van der Waals surface area (Å²) in [6.45, 7) is 1.37. The maximum absolute atomic E-state index is 4.37. The van der Waals surface area contributed by atoms with E-state index in [1.165, 1.54) is 11.1 Å². The Morgan fingerprint density at radius 1 is 0.783 bits per heavy atom. The number of H-pyrrole nitrogens is 1. The fourth-order valence-electron chi connectivity index (χ4n) is 1.99. The molecular weight excluding hydrogens is 422 g/mol. The van der Waals surface area contributed by atoms with Crippen molar-refractivity contribution in [3.63, 3.8) is 0 Å². The highest BCUT2D eigenvalue weighted by Gasteiger charge is 2.03. The van der Waals surface area contributed by atoms with Gasteiger partial charge in [0.15, 0.2) is 0 Å². The summed E-state index contributed by atoms with van der Waals surface area (Å²) in [6.07, 6.45) is 0. The Balaban J connectivity index is 1.51. The lowest BCUT2D eigenvalue weighted by Gasteiger charge is -2.03. The van der Waals surface area contributed by atoms with Crippen LogP contribution >= 0.6 is 31.9 Å². The van der Waals surface area contributed by atoms with Gasteiger partial charge in [0, 0.05) is 22.0 Å². The van der Waals surface area contributed by atoms with Gasteiger partial charge in [-0.15, -0.1) is 5.10 Å². The molecule has 3 rings (SSSR count). The molecule has 0 spiro atoms. The second-order valence-corrected chi connectivity index (χ2v) is 6.80. The molecule has 0 aliphatic heterocycles. The Kier molecular flexibility index (Phi) is 5.30. The third kappa shape index (κ3) is 4.80. The molecule has 3 aromatic rings. The fraction of sp³-hybridized carbons (Fsp3) is 0.125. The van der Waals surface area contributed by atoms with Gasteiger partial charge in [0.2, 0.25) is 11.9 Å². The van der Waals surface area contributed by atoms with E-state index in [-0.39, 0.29) is 0 Å². The van der Waals surface area contributed by atoms with Gasteiger partial charge in [-0.1, -0.05) is 56.1 Å². The smallest absolute Gasteiger partial charge is 0.243 e. The zero-order valence-electron chi connectivity index (χ0n) is 12.2. The molecule has 0 unspecified atom stereocenters. The summed E-state index contributed by atoms with van der Waals surface area (Å²) in [5.41, 5.74) is 2.34. The summed E-state index contributed by atoms with van der Waals surface area (Å²) in [4.78, 5) is 4.37.